The molecule has 1 saturated heterocycles. The van der Waals surface area contributed by atoms with Gasteiger partial charge in [0.15, 0.2) is 0 Å². The van der Waals surface area contributed by atoms with Gasteiger partial charge in [-0.15, -0.1) is 0 Å². The zero-order valence-corrected chi connectivity index (χ0v) is 12.2. The number of carboxylic acid groups (broad SMARTS) is 1. The van der Waals surface area contributed by atoms with E-state index < -0.39 is 12.5 Å². The van der Waals surface area contributed by atoms with Gasteiger partial charge in [0.25, 0.3) is 5.91 Å². The number of hydrogen-bond donors (Lipinski definition) is 1. The number of aliphatic carboxylic acids is 1. The molecule has 0 aromatic carbocycles. The summed E-state index contributed by atoms with van der Waals surface area (Å²) >= 11 is 6.11. The van der Waals surface area contributed by atoms with Gasteiger partial charge in [0.1, 0.15) is 16.6 Å². The van der Waals surface area contributed by atoms with Crippen LogP contribution in [0.3, 0.4) is 0 Å². The summed E-state index contributed by atoms with van der Waals surface area (Å²) in [6.07, 6.45) is 5.01. The van der Waals surface area contributed by atoms with Crippen molar-refractivity contribution in [1.29, 1.82) is 0 Å². The second kappa shape index (κ2) is 6.06. The Morgan fingerprint density at radius 2 is 2.35 bits per heavy atom. The van der Waals surface area contributed by atoms with E-state index in [2.05, 4.69) is 0 Å². The fourth-order valence-corrected chi connectivity index (χ4v) is 2.92. The Bertz CT molecular complexity index is 616. The van der Waals surface area contributed by atoms with Gasteiger partial charge >= 0.3 is 5.97 Å². The van der Waals surface area contributed by atoms with E-state index in [1.807, 2.05) is 6.92 Å². The summed E-state index contributed by atoms with van der Waals surface area (Å²) in [6.45, 7) is 1.41. The van der Waals surface area contributed by atoms with Gasteiger partial charge in [-0.3, -0.25) is 14.5 Å². The molecule has 1 aromatic heterocycles. The summed E-state index contributed by atoms with van der Waals surface area (Å²) in [4.78, 5) is 24.2. The SMILES string of the molecule is CC(/C=C1\SC(=S)N(CC(=O)O)C1=O)=C\c1ccco1. The number of nitrogens with zero attached hydrogens (tertiary/aromatic N) is 1. The highest BCUT2D eigenvalue weighted by atomic mass is 32.2. The maximum absolute atomic E-state index is 12.0. The zero-order valence-electron chi connectivity index (χ0n) is 10.5. The Kier molecular flexibility index (Phi) is 4.41. The summed E-state index contributed by atoms with van der Waals surface area (Å²) < 4.78 is 5.44. The monoisotopic (exact) mass is 309 g/mol. The Balaban J connectivity index is 2.17. The number of thiocarbonyl (C=S) groups is 1. The highest BCUT2D eigenvalue weighted by Gasteiger charge is 2.33. The van der Waals surface area contributed by atoms with Gasteiger partial charge in [-0.1, -0.05) is 24.0 Å². The standard InChI is InChI=1S/C13H11NO4S2/c1-8(5-9-3-2-4-18-9)6-10-12(17)14(7-11(15)16)13(19)20-10/h2-6H,7H2,1H3,(H,15,16)/b8-5+,10-6-. The lowest BCUT2D eigenvalue weighted by atomic mass is 10.2. The molecule has 0 radical (unpaired) electrons. The first kappa shape index (κ1) is 14.5. The van der Waals surface area contributed by atoms with Crippen molar-refractivity contribution < 1.29 is 19.1 Å². The second-order valence-electron chi connectivity index (χ2n) is 4.07. The normalized spacial score (nSPS) is 18.1. The average Bonchev–Trinajstić information content (AvgIpc) is 2.93. The summed E-state index contributed by atoms with van der Waals surface area (Å²) in [5, 5.41) is 8.74. The number of thioether (sulfide) groups is 1. The van der Waals surface area contributed by atoms with Gasteiger partial charge < -0.3 is 9.52 Å². The topological polar surface area (TPSA) is 70.8 Å². The summed E-state index contributed by atoms with van der Waals surface area (Å²) in [5.74, 6) is -0.792. The molecule has 0 atom stereocenters. The number of rotatable bonds is 4. The van der Waals surface area contributed by atoms with Gasteiger partial charge in [-0.05, 0) is 36.8 Å². The molecule has 1 fully saturated rings. The molecule has 0 saturated carbocycles. The van der Waals surface area contributed by atoms with Crippen LogP contribution in [-0.4, -0.2) is 32.7 Å². The molecule has 1 amide bonds. The molecule has 1 aliphatic rings. The second-order valence-corrected chi connectivity index (χ2v) is 5.74. The van der Waals surface area contributed by atoms with E-state index in [0.717, 1.165) is 22.2 Å². The van der Waals surface area contributed by atoms with E-state index >= 15 is 0 Å². The molecule has 1 aromatic rings. The van der Waals surface area contributed by atoms with Crippen LogP contribution in [0.15, 0.2) is 39.4 Å². The lowest BCUT2D eigenvalue weighted by molar-refractivity contribution is -0.140. The fraction of sp³-hybridized carbons (Fsp3) is 0.154. The van der Waals surface area contributed by atoms with E-state index in [4.69, 9.17) is 21.7 Å². The van der Waals surface area contributed by atoms with E-state index in [0.29, 0.717) is 10.7 Å². The van der Waals surface area contributed by atoms with Crippen molar-refractivity contribution in [3.63, 3.8) is 0 Å². The third-order valence-corrected chi connectivity index (χ3v) is 3.82. The molecule has 104 valence electrons. The van der Waals surface area contributed by atoms with Crippen molar-refractivity contribution in [2.24, 2.45) is 0 Å². The quantitative estimate of drug-likeness (QED) is 0.681. The van der Waals surface area contributed by atoms with Crippen LogP contribution >= 0.6 is 24.0 Å². The van der Waals surface area contributed by atoms with Crippen LogP contribution in [0.4, 0.5) is 0 Å². The van der Waals surface area contributed by atoms with Gasteiger partial charge in [0.05, 0.1) is 11.2 Å². The minimum absolute atomic E-state index is 0.259. The van der Waals surface area contributed by atoms with Crippen molar-refractivity contribution >= 4 is 46.3 Å². The molecule has 0 aliphatic carbocycles. The molecular formula is C13H11NO4S2. The lowest BCUT2D eigenvalue weighted by Crippen LogP contribution is -2.33. The summed E-state index contributed by atoms with van der Waals surface area (Å²) in [5.41, 5.74) is 0.816. The maximum atomic E-state index is 12.0. The van der Waals surface area contributed by atoms with Crippen LogP contribution in [-0.2, 0) is 9.59 Å². The molecular weight excluding hydrogens is 298 g/mol. The van der Waals surface area contributed by atoms with Crippen LogP contribution in [0, 0.1) is 0 Å². The Labute approximate surface area is 124 Å². The Morgan fingerprint density at radius 1 is 1.60 bits per heavy atom. The van der Waals surface area contributed by atoms with E-state index in [1.54, 1.807) is 30.5 Å². The number of furan rings is 1. The van der Waals surface area contributed by atoms with E-state index in [9.17, 15) is 9.59 Å². The lowest BCUT2D eigenvalue weighted by Gasteiger charge is -2.10. The summed E-state index contributed by atoms with van der Waals surface area (Å²) in [6, 6.07) is 3.57. The predicted octanol–water partition coefficient (Wildman–Crippen LogP) is 2.51. The van der Waals surface area contributed by atoms with Gasteiger partial charge in [0.2, 0.25) is 0 Å². The third kappa shape index (κ3) is 3.37. The molecule has 0 spiro atoms. The van der Waals surface area contributed by atoms with Gasteiger partial charge in [-0.25, -0.2) is 0 Å². The number of carbonyl (C=O) groups excluding carboxylic acids is 1. The van der Waals surface area contributed by atoms with Crippen molar-refractivity contribution in [3.8, 4) is 0 Å². The first-order valence-electron chi connectivity index (χ1n) is 5.66. The molecule has 2 rings (SSSR count). The molecule has 5 nitrogen and oxygen atoms in total. The van der Waals surface area contributed by atoms with Gasteiger partial charge in [-0.2, -0.15) is 0 Å². The molecule has 0 bridgehead atoms. The number of amides is 1. The number of allylic oxidation sites excluding steroid dienone is 2. The van der Waals surface area contributed by atoms with Crippen molar-refractivity contribution in [3.05, 3.63) is 40.7 Å². The van der Waals surface area contributed by atoms with Crippen LogP contribution < -0.4 is 0 Å². The number of hydrogen-bond acceptors (Lipinski definition) is 5. The molecule has 1 N–H and O–H groups in total. The molecule has 20 heavy (non-hydrogen) atoms. The highest BCUT2D eigenvalue weighted by molar-refractivity contribution is 8.26. The van der Waals surface area contributed by atoms with E-state index in [-0.39, 0.29) is 10.2 Å². The maximum Gasteiger partial charge on any atom is 0.323 e. The smallest absolute Gasteiger partial charge is 0.323 e. The van der Waals surface area contributed by atoms with Crippen LogP contribution in [0.5, 0.6) is 0 Å². The zero-order chi connectivity index (χ0) is 14.7. The Hall–Kier alpha value is -1.86. The fourth-order valence-electron chi connectivity index (χ4n) is 1.62. The molecule has 2 heterocycles. The van der Waals surface area contributed by atoms with Crippen LogP contribution in [0.25, 0.3) is 6.08 Å². The average molecular weight is 309 g/mol. The first-order valence-corrected chi connectivity index (χ1v) is 6.89. The first-order chi connectivity index (χ1) is 9.47. The summed E-state index contributed by atoms with van der Waals surface area (Å²) in [7, 11) is 0. The molecule has 0 unspecified atom stereocenters. The molecule has 1 aliphatic heterocycles. The van der Waals surface area contributed by atoms with Crippen LogP contribution in [0.2, 0.25) is 0 Å². The minimum atomic E-state index is -1.09. The largest absolute Gasteiger partial charge is 0.480 e. The van der Waals surface area contributed by atoms with Crippen molar-refractivity contribution in [2.75, 3.05) is 6.54 Å². The van der Waals surface area contributed by atoms with Crippen LogP contribution in [0.1, 0.15) is 12.7 Å². The highest BCUT2D eigenvalue weighted by Crippen LogP contribution is 2.31. The number of carboxylic acids is 1. The predicted molar refractivity (Wildman–Crippen MR) is 80.0 cm³/mol. The Morgan fingerprint density at radius 3 is 2.95 bits per heavy atom. The minimum Gasteiger partial charge on any atom is -0.480 e. The number of carbonyl (C=O) groups is 2. The van der Waals surface area contributed by atoms with Crippen molar-refractivity contribution in [2.45, 2.75) is 6.92 Å². The van der Waals surface area contributed by atoms with E-state index in [1.165, 1.54) is 0 Å². The third-order valence-electron chi connectivity index (χ3n) is 2.44. The van der Waals surface area contributed by atoms with Gasteiger partial charge in [0, 0.05) is 0 Å². The molecule has 7 heteroatoms. The van der Waals surface area contributed by atoms with Crippen molar-refractivity contribution in [1.82, 2.24) is 4.90 Å².